The zero-order valence-corrected chi connectivity index (χ0v) is 13.8. The smallest absolute Gasteiger partial charge is 0.308 e. The molecule has 0 aromatic carbocycles. The van der Waals surface area contributed by atoms with Crippen molar-refractivity contribution in [1.29, 1.82) is 0 Å². The third kappa shape index (κ3) is 4.46. The monoisotopic (exact) mass is 347 g/mol. The van der Waals surface area contributed by atoms with Gasteiger partial charge in [0.1, 0.15) is 0 Å². The van der Waals surface area contributed by atoms with Gasteiger partial charge in [0.2, 0.25) is 17.6 Å². The molecular formula is C17H21N3O5. The zero-order valence-electron chi connectivity index (χ0n) is 13.8. The summed E-state index contributed by atoms with van der Waals surface area (Å²) in [5.74, 6) is -0.363. The van der Waals surface area contributed by atoms with Crippen LogP contribution in [0.3, 0.4) is 0 Å². The number of aromatic nitrogens is 2. The second-order valence-corrected chi connectivity index (χ2v) is 6.25. The molecule has 0 radical (unpaired) electrons. The van der Waals surface area contributed by atoms with Crippen LogP contribution in [0.4, 0.5) is 0 Å². The van der Waals surface area contributed by atoms with Crippen LogP contribution >= 0.6 is 0 Å². The van der Waals surface area contributed by atoms with E-state index in [9.17, 15) is 14.7 Å². The predicted octanol–water partition coefficient (Wildman–Crippen LogP) is 2.41. The number of aliphatic carboxylic acids is 1. The first kappa shape index (κ1) is 17.2. The number of aryl methyl sites for hydroxylation is 1. The van der Waals surface area contributed by atoms with Crippen LogP contribution in [0, 0.1) is 5.92 Å². The maximum Gasteiger partial charge on any atom is 0.308 e. The first-order chi connectivity index (χ1) is 12.1. The molecule has 0 bridgehead atoms. The van der Waals surface area contributed by atoms with E-state index in [2.05, 4.69) is 15.5 Å². The number of nitrogens with zero attached hydrogens (tertiary/aromatic N) is 2. The van der Waals surface area contributed by atoms with Gasteiger partial charge >= 0.3 is 5.97 Å². The summed E-state index contributed by atoms with van der Waals surface area (Å²) in [7, 11) is 0. The van der Waals surface area contributed by atoms with Gasteiger partial charge in [0, 0.05) is 18.9 Å². The van der Waals surface area contributed by atoms with Crippen LogP contribution in [0.5, 0.6) is 0 Å². The van der Waals surface area contributed by atoms with E-state index in [1.165, 1.54) is 6.26 Å². The molecule has 1 aliphatic rings. The summed E-state index contributed by atoms with van der Waals surface area (Å²) >= 11 is 0. The van der Waals surface area contributed by atoms with Crippen LogP contribution < -0.4 is 5.32 Å². The number of rotatable bonds is 6. The van der Waals surface area contributed by atoms with E-state index >= 15 is 0 Å². The fourth-order valence-electron chi connectivity index (χ4n) is 3.14. The van der Waals surface area contributed by atoms with E-state index in [4.69, 9.17) is 8.94 Å². The molecule has 8 nitrogen and oxygen atoms in total. The fraction of sp³-hybridized carbons (Fsp3) is 0.529. The fourth-order valence-corrected chi connectivity index (χ4v) is 3.14. The SMILES string of the molecule is O=C(CCc1nc(-c2ccco2)no1)N[C@H]1CCCCC[C@H]1C(=O)O. The number of carboxylic acid groups (broad SMARTS) is 1. The van der Waals surface area contributed by atoms with Crippen molar-refractivity contribution in [1.82, 2.24) is 15.5 Å². The maximum atomic E-state index is 12.2. The van der Waals surface area contributed by atoms with E-state index in [0.29, 0.717) is 36.7 Å². The molecule has 0 unspecified atom stereocenters. The van der Waals surface area contributed by atoms with Crippen molar-refractivity contribution < 1.29 is 23.6 Å². The highest BCUT2D eigenvalue weighted by Crippen LogP contribution is 2.24. The summed E-state index contributed by atoms with van der Waals surface area (Å²) in [5, 5.41) is 16.0. The van der Waals surface area contributed by atoms with Gasteiger partial charge in [-0.25, -0.2) is 0 Å². The topological polar surface area (TPSA) is 118 Å². The number of furan rings is 1. The number of hydrogen-bond acceptors (Lipinski definition) is 6. The minimum atomic E-state index is -0.841. The minimum Gasteiger partial charge on any atom is -0.481 e. The van der Waals surface area contributed by atoms with E-state index < -0.39 is 11.9 Å². The lowest BCUT2D eigenvalue weighted by Gasteiger charge is -2.22. The molecule has 3 rings (SSSR count). The van der Waals surface area contributed by atoms with Crippen LogP contribution in [0.25, 0.3) is 11.6 Å². The number of hydrogen-bond donors (Lipinski definition) is 2. The van der Waals surface area contributed by atoms with Crippen molar-refractivity contribution in [3.05, 3.63) is 24.3 Å². The van der Waals surface area contributed by atoms with E-state index in [0.717, 1.165) is 19.3 Å². The molecule has 25 heavy (non-hydrogen) atoms. The van der Waals surface area contributed by atoms with Gasteiger partial charge in [-0.3, -0.25) is 9.59 Å². The van der Waals surface area contributed by atoms with Crippen molar-refractivity contribution in [3.63, 3.8) is 0 Å². The molecule has 2 atom stereocenters. The Bertz CT molecular complexity index is 710. The Balaban J connectivity index is 1.53. The van der Waals surface area contributed by atoms with E-state index in [1.807, 2.05) is 0 Å². The summed E-state index contributed by atoms with van der Waals surface area (Å²) < 4.78 is 10.3. The average Bonchev–Trinajstić information content (AvgIpc) is 3.21. The summed E-state index contributed by atoms with van der Waals surface area (Å²) in [5.41, 5.74) is 0. The maximum absolute atomic E-state index is 12.2. The second-order valence-electron chi connectivity index (χ2n) is 6.25. The van der Waals surface area contributed by atoms with E-state index in [-0.39, 0.29) is 18.4 Å². The van der Waals surface area contributed by atoms with Crippen LogP contribution in [0.2, 0.25) is 0 Å². The molecule has 2 heterocycles. The average molecular weight is 347 g/mol. The van der Waals surface area contributed by atoms with Gasteiger partial charge in [0.05, 0.1) is 12.2 Å². The van der Waals surface area contributed by atoms with Gasteiger partial charge in [-0.1, -0.05) is 24.4 Å². The Morgan fingerprint density at radius 1 is 1.28 bits per heavy atom. The van der Waals surface area contributed by atoms with Crippen LogP contribution in [-0.2, 0) is 16.0 Å². The molecule has 0 saturated heterocycles. The number of carbonyl (C=O) groups excluding carboxylic acids is 1. The molecule has 1 aliphatic carbocycles. The quantitative estimate of drug-likeness (QED) is 0.770. The Hall–Kier alpha value is -2.64. The normalized spacial score (nSPS) is 20.8. The van der Waals surface area contributed by atoms with Gasteiger partial charge < -0.3 is 19.4 Å². The predicted molar refractivity (Wildman–Crippen MR) is 86.5 cm³/mol. The first-order valence-electron chi connectivity index (χ1n) is 8.52. The molecule has 1 amide bonds. The van der Waals surface area contributed by atoms with Crippen molar-refractivity contribution in [2.75, 3.05) is 0 Å². The van der Waals surface area contributed by atoms with Gasteiger partial charge in [-0.2, -0.15) is 4.98 Å². The Labute approximate surface area is 144 Å². The highest BCUT2D eigenvalue weighted by molar-refractivity contribution is 5.78. The van der Waals surface area contributed by atoms with Crippen molar-refractivity contribution in [3.8, 4) is 11.6 Å². The highest BCUT2D eigenvalue weighted by atomic mass is 16.5. The number of carboxylic acids is 1. The standard InChI is InChI=1S/C17H21N3O5/c21-14(18-12-6-3-1-2-5-11(12)17(22)23)8-9-15-19-16(20-25-15)13-7-4-10-24-13/h4,7,10-12H,1-3,5-6,8-9H2,(H,18,21)(H,22,23)/t11-,12+/m1/s1. The number of carbonyl (C=O) groups is 2. The van der Waals surface area contributed by atoms with Gasteiger partial charge in [-0.15, -0.1) is 0 Å². The van der Waals surface area contributed by atoms with Gasteiger partial charge in [0.15, 0.2) is 5.76 Å². The molecule has 2 N–H and O–H groups in total. The largest absolute Gasteiger partial charge is 0.481 e. The van der Waals surface area contributed by atoms with E-state index in [1.54, 1.807) is 12.1 Å². The van der Waals surface area contributed by atoms with Crippen LogP contribution in [0.1, 0.15) is 44.4 Å². The molecule has 8 heteroatoms. The number of amides is 1. The first-order valence-corrected chi connectivity index (χ1v) is 8.52. The van der Waals surface area contributed by atoms with Crippen molar-refractivity contribution in [2.45, 2.75) is 51.0 Å². The second kappa shape index (κ2) is 7.96. The highest BCUT2D eigenvalue weighted by Gasteiger charge is 2.30. The molecule has 2 aromatic heterocycles. The molecule has 1 saturated carbocycles. The van der Waals surface area contributed by atoms with Crippen LogP contribution in [-0.4, -0.2) is 33.2 Å². The molecular weight excluding hydrogens is 326 g/mol. The summed E-state index contributed by atoms with van der Waals surface area (Å²) in [6.45, 7) is 0. The van der Waals surface area contributed by atoms with Gasteiger partial charge in [0.25, 0.3) is 0 Å². The summed E-state index contributed by atoms with van der Waals surface area (Å²) in [4.78, 5) is 27.8. The summed E-state index contributed by atoms with van der Waals surface area (Å²) in [6, 6.07) is 3.14. The van der Waals surface area contributed by atoms with Gasteiger partial charge in [-0.05, 0) is 25.0 Å². The lowest BCUT2D eigenvalue weighted by molar-refractivity contribution is -0.143. The molecule has 0 spiro atoms. The van der Waals surface area contributed by atoms with Crippen molar-refractivity contribution in [2.24, 2.45) is 5.92 Å². The lowest BCUT2D eigenvalue weighted by Crippen LogP contribution is -2.42. The Kier molecular flexibility index (Phi) is 5.47. The third-order valence-electron chi connectivity index (χ3n) is 4.46. The van der Waals surface area contributed by atoms with Crippen molar-refractivity contribution >= 4 is 11.9 Å². The third-order valence-corrected chi connectivity index (χ3v) is 4.46. The minimum absolute atomic E-state index is 0.169. The number of nitrogens with one attached hydrogen (secondary N) is 1. The molecule has 134 valence electrons. The lowest BCUT2D eigenvalue weighted by atomic mass is 9.94. The molecule has 2 aromatic rings. The Morgan fingerprint density at radius 2 is 2.12 bits per heavy atom. The van der Waals surface area contributed by atoms with Crippen LogP contribution in [0.15, 0.2) is 27.3 Å². The zero-order chi connectivity index (χ0) is 17.6. The summed E-state index contributed by atoms with van der Waals surface area (Å²) in [6.07, 6.45) is 6.12. The Morgan fingerprint density at radius 3 is 2.88 bits per heavy atom. The molecule has 0 aliphatic heterocycles. The molecule has 1 fully saturated rings.